The molecule has 0 fully saturated rings. The van der Waals surface area contributed by atoms with E-state index in [9.17, 15) is 13.2 Å². The van der Waals surface area contributed by atoms with E-state index in [2.05, 4.69) is 11.4 Å². The summed E-state index contributed by atoms with van der Waals surface area (Å²) in [5.74, 6) is -0.332. The maximum Gasteiger partial charge on any atom is 0.241 e. The van der Waals surface area contributed by atoms with Crippen LogP contribution in [0.25, 0.3) is 0 Å². The molecule has 1 aliphatic rings. The number of nitrogens with one attached hydrogen (secondary N) is 1. The first-order valence-electron chi connectivity index (χ1n) is 8.87. The van der Waals surface area contributed by atoms with Crippen LogP contribution in [-0.4, -0.2) is 27.1 Å². The van der Waals surface area contributed by atoms with E-state index in [0.29, 0.717) is 16.3 Å². The van der Waals surface area contributed by atoms with Crippen LogP contribution in [0.15, 0.2) is 42.5 Å². The van der Waals surface area contributed by atoms with Gasteiger partial charge in [-0.15, -0.1) is 0 Å². The maximum atomic E-state index is 12.7. The molecule has 0 unspecified atom stereocenters. The molecule has 0 aromatic heterocycles. The van der Waals surface area contributed by atoms with Gasteiger partial charge in [0.25, 0.3) is 0 Å². The Bertz CT molecular complexity index is 959. The highest BCUT2D eigenvalue weighted by Gasteiger charge is 2.26. The molecule has 0 bridgehead atoms. The lowest BCUT2D eigenvalue weighted by molar-refractivity contribution is -0.120. The Morgan fingerprint density at radius 3 is 2.70 bits per heavy atom. The van der Waals surface area contributed by atoms with Gasteiger partial charge in [0.1, 0.15) is 6.54 Å². The fraction of sp³-hybridized carbons (Fsp3) is 0.350. The van der Waals surface area contributed by atoms with Crippen LogP contribution in [0.3, 0.4) is 0 Å². The largest absolute Gasteiger partial charge is 0.348 e. The molecule has 1 atom stereocenters. The minimum absolute atomic E-state index is 0.0932. The number of fused-ring (bicyclic) bond motifs is 1. The Hall–Kier alpha value is -2.05. The van der Waals surface area contributed by atoms with E-state index in [4.69, 9.17) is 11.6 Å². The third-order valence-corrected chi connectivity index (χ3v) is 6.44. The summed E-state index contributed by atoms with van der Waals surface area (Å²) in [6.07, 6.45) is 3.93. The first-order valence-corrected chi connectivity index (χ1v) is 11.1. The van der Waals surface area contributed by atoms with Crippen molar-refractivity contribution < 1.29 is 13.2 Å². The lowest BCUT2D eigenvalue weighted by Gasteiger charge is -2.28. The van der Waals surface area contributed by atoms with Crippen LogP contribution in [-0.2, 0) is 21.2 Å². The molecule has 3 rings (SSSR count). The van der Waals surface area contributed by atoms with Gasteiger partial charge >= 0.3 is 0 Å². The summed E-state index contributed by atoms with van der Waals surface area (Å²) in [5, 5.41) is 3.46. The highest BCUT2D eigenvalue weighted by molar-refractivity contribution is 7.92. The van der Waals surface area contributed by atoms with Crippen LogP contribution in [0.5, 0.6) is 0 Å². The number of carbonyl (C=O) groups excluding carboxylic acids is 1. The minimum atomic E-state index is -3.64. The van der Waals surface area contributed by atoms with E-state index < -0.39 is 10.0 Å². The Kier molecular flexibility index (Phi) is 5.77. The predicted molar refractivity (Wildman–Crippen MR) is 109 cm³/mol. The molecule has 0 saturated heterocycles. The zero-order valence-corrected chi connectivity index (χ0v) is 17.0. The normalized spacial score (nSPS) is 16.5. The number of amides is 1. The molecule has 0 aliphatic heterocycles. The molecule has 0 saturated carbocycles. The number of anilines is 1. The zero-order chi connectivity index (χ0) is 19.6. The first kappa shape index (κ1) is 19.7. The van der Waals surface area contributed by atoms with Gasteiger partial charge in [-0.1, -0.05) is 41.9 Å². The lowest BCUT2D eigenvalue weighted by atomic mass is 9.88. The second-order valence-electron chi connectivity index (χ2n) is 6.86. The number of aryl methyl sites for hydroxylation is 1. The van der Waals surface area contributed by atoms with Crippen molar-refractivity contribution in [3.63, 3.8) is 0 Å². The molecule has 0 spiro atoms. The molecule has 7 heteroatoms. The number of benzene rings is 2. The lowest BCUT2D eigenvalue weighted by Crippen LogP contribution is -2.42. The smallest absolute Gasteiger partial charge is 0.241 e. The molecular formula is C20H23ClN2O3S. The van der Waals surface area contributed by atoms with Crippen molar-refractivity contribution in [2.24, 2.45) is 0 Å². The maximum absolute atomic E-state index is 12.7. The number of hydrogen-bond acceptors (Lipinski definition) is 3. The third-order valence-electron chi connectivity index (χ3n) is 4.90. The molecule has 0 heterocycles. The van der Waals surface area contributed by atoms with Crippen LogP contribution < -0.4 is 9.62 Å². The molecular weight excluding hydrogens is 384 g/mol. The molecule has 2 aromatic rings. The van der Waals surface area contributed by atoms with Gasteiger partial charge in [0.05, 0.1) is 18.0 Å². The van der Waals surface area contributed by atoms with Crippen LogP contribution in [0.4, 0.5) is 5.69 Å². The van der Waals surface area contributed by atoms with Crippen LogP contribution in [0, 0.1) is 6.92 Å². The van der Waals surface area contributed by atoms with Crippen LogP contribution in [0.2, 0.25) is 5.02 Å². The third kappa shape index (κ3) is 4.45. The average Bonchev–Trinajstić information content (AvgIpc) is 2.62. The fourth-order valence-electron chi connectivity index (χ4n) is 3.52. The molecule has 27 heavy (non-hydrogen) atoms. The summed E-state index contributed by atoms with van der Waals surface area (Å²) in [7, 11) is -3.64. The van der Waals surface area contributed by atoms with Gasteiger partial charge in [0.15, 0.2) is 0 Å². The second kappa shape index (κ2) is 7.90. The molecule has 5 nitrogen and oxygen atoms in total. The SMILES string of the molecule is Cc1c(Cl)cccc1N(CC(=O)N[C@H]1CCCc2ccccc21)S(C)(=O)=O. The number of carbonyl (C=O) groups is 1. The van der Waals surface area contributed by atoms with E-state index in [1.54, 1.807) is 25.1 Å². The quantitative estimate of drug-likeness (QED) is 0.824. The van der Waals surface area contributed by atoms with E-state index in [1.807, 2.05) is 18.2 Å². The summed E-state index contributed by atoms with van der Waals surface area (Å²) in [6, 6.07) is 13.0. The Morgan fingerprint density at radius 1 is 1.22 bits per heavy atom. The topological polar surface area (TPSA) is 66.5 Å². The van der Waals surface area contributed by atoms with Crippen LogP contribution in [0.1, 0.15) is 35.6 Å². The summed E-state index contributed by atoms with van der Waals surface area (Å²) in [5.41, 5.74) is 3.39. The van der Waals surface area contributed by atoms with Crippen LogP contribution >= 0.6 is 11.6 Å². The van der Waals surface area contributed by atoms with Gasteiger partial charge in [-0.05, 0) is 55.0 Å². The Labute approximate surface area is 165 Å². The Balaban J connectivity index is 1.82. The number of hydrogen-bond donors (Lipinski definition) is 1. The Morgan fingerprint density at radius 2 is 1.96 bits per heavy atom. The van der Waals surface area contributed by atoms with Crippen molar-refractivity contribution >= 4 is 33.2 Å². The van der Waals surface area contributed by atoms with Crippen molar-refractivity contribution in [3.05, 3.63) is 64.2 Å². The van der Waals surface area contributed by atoms with Crippen molar-refractivity contribution in [3.8, 4) is 0 Å². The van der Waals surface area contributed by atoms with Gasteiger partial charge in [0.2, 0.25) is 15.9 Å². The molecule has 0 radical (unpaired) electrons. The van der Waals surface area contributed by atoms with Crippen molar-refractivity contribution in [2.45, 2.75) is 32.2 Å². The second-order valence-corrected chi connectivity index (χ2v) is 9.18. The van der Waals surface area contributed by atoms with Gasteiger partial charge in [-0.2, -0.15) is 0 Å². The number of rotatable bonds is 5. The van der Waals surface area contributed by atoms with Gasteiger partial charge in [-0.3, -0.25) is 9.10 Å². The molecule has 1 amide bonds. The molecule has 2 aromatic carbocycles. The van der Waals surface area contributed by atoms with Gasteiger partial charge < -0.3 is 5.32 Å². The van der Waals surface area contributed by atoms with E-state index in [-0.39, 0.29) is 18.5 Å². The average molecular weight is 407 g/mol. The predicted octanol–water partition coefficient (Wildman–Crippen LogP) is 3.61. The highest BCUT2D eigenvalue weighted by atomic mass is 35.5. The number of halogens is 1. The van der Waals surface area contributed by atoms with Crippen molar-refractivity contribution in [1.82, 2.24) is 5.32 Å². The summed E-state index contributed by atoms with van der Waals surface area (Å²) in [4.78, 5) is 12.7. The zero-order valence-electron chi connectivity index (χ0n) is 15.4. The first-order chi connectivity index (χ1) is 12.8. The summed E-state index contributed by atoms with van der Waals surface area (Å²) in [6.45, 7) is 1.46. The molecule has 144 valence electrons. The monoisotopic (exact) mass is 406 g/mol. The van der Waals surface area contributed by atoms with E-state index in [0.717, 1.165) is 35.4 Å². The van der Waals surface area contributed by atoms with E-state index in [1.165, 1.54) is 5.56 Å². The standard InChI is InChI=1S/C20H23ClN2O3S/c1-14-17(21)10-6-12-19(14)23(27(2,25)26)13-20(24)22-18-11-5-8-15-7-3-4-9-16(15)18/h3-4,6-7,9-10,12,18H,5,8,11,13H2,1-2H3,(H,22,24)/t18-/m0/s1. The summed E-state index contributed by atoms with van der Waals surface area (Å²) >= 11 is 6.13. The summed E-state index contributed by atoms with van der Waals surface area (Å²) < 4.78 is 25.8. The minimum Gasteiger partial charge on any atom is -0.348 e. The van der Waals surface area contributed by atoms with Gasteiger partial charge in [-0.25, -0.2) is 8.42 Å². The molecule has 1 N–H and O–H groups in total. The van der Waals surface area contributed by atoms with E-state index >= 15 is 0 Å². The highest BCUT2D eigenvalue weighted by Crippen LogP contribution is 2.30. The van der Waals surface area contributed by atoms with Crippen molar-refractivity contribution in [1.29, 1.82) is 0 Å². The molecule has 1 aliphatic carbocycles. The fourth-order valence-corrected chi connectivity index (χ4v) is 4.60. The number of nitrogens with zero attached hydrogens (tertiary/aromatic N) is 1. The number of sulfonamides is 1. The van der Waals surface area contributed by atoms with Gasteiger partial charge in [0, 0.05) is 5.02 Å². The van der Waals surface area contributed by atoms with Crippen molar-refractivity contribution in [2.75, 3.05) is 17.1 Å².